The second kappa shape index (κ2) is 8.46. The number of thiophene rings is 1. The van der Waals surface area contributed by atoms with E-state index in [1.54, 1.807) is 40.2 Å². The molecule has 1 aromatic carbocycles. The Kier molecular flexibility index (Phi) is 5.95. The molecule has 0 aliphatic heterocycles. The van der Waals surface area contributed by atoms with Gasteiger partial charge in [-0.1, -0.05) is 35.5 Å². The Morgan fingerprint density at radius 3 is 2.72 bits per heavy atom. The molecule has 0 saturated heterocycles. The normalized spacial score (nSPS) is 13.4. The number of ketones is 1. The van der Waals surface area contributed by atoms with E-state index >= 15 is 0 Å². The molecule has 0 radical (unpaired) electrons. The minimum Gasteiger partial charge on any atom is -0.293 e. The van der Waals surface area contributed by atoms with Gasteiger partial charge >= 0.3 is 0 Å². The number of fused-ring (bicyclic) bond motifs is 3. The van der Waals surface area contributed by atoms with Crippen LogP contribution in [0.3, 0.4) is 0 Å². The number of allylic oxidation sites excluding steroid dienone is 1. The van der Waals surface area contributed by atoms with E-state index in [4.69, 9.17) is 16.6 Å². The van der Waals surface area contributed by atoms with Crippen molar-refractivity contribution < 1.29 is 4.79 Å². The van der Waals surface area contributed by atoms with Gasteiger partial charge in [0, 0.05) is 22.0 Å². The number of Topliss-reactive ketones (excluding diaryl/α,β-unsaturated/α-hetero) is 1. The Morgan fingerprint density at radius 1 is 1.28 bits per heavy atom. The summed E-state index contributed by atoms with van der Waals surface area (Å²) >= 11 is 8.84. The van der Waals surface area contributed by atoms with Crippen molar-refractivity contribution in [2.75, 3.05) is 5.75 Å². The SMILES string of the molecule is C=C(C)Cn1c(SCC(=O)c2ccc(Cl)cc2)nc2sc3c(c2c1=O)CCCC3. The Balaban J connectivity index is 1.70. The fraction of sp³-hybridized carbons (Fsp3) is 0.318. The molecular formula is C22H21ClN2O2S2. The number of hydrogen-bond acceptors (Lipinski definition) is 5. The summed E-state index contributed by atoms with van der Waals surface area (Å²) in [5.74, 6) is 0.189. The van der Waals surface area contributed by atoms with E-state index in [1.165, 1.54) is 22.2 Å². The molecule has 0 saturated carbocycles. The van der Waals surface area contributed by atoms with Crippen molar-refractivity contribution in [3.8, 4) is 0 Å². The minimum atomic E-state index is -0.0200. The molecule has 0 N–H and O–H groups in total. The third-order valence-corrected chi connectivity index (χ3v) is 7.38. The van der Waals surface area contributed by atoms with E-state index in [1.807, 2.05) is 6.92 Å². The van der Waals surface area contributed by atoms with Crippen molar-refractivity contribution in [3.63, 3.8) is 0 Å². The van der Waals surface area contributed by atoms with Crippen LogP contribution in [0.25, 0.3) is 10.2 Å². The van der Waals surface area contributed by atoms with Gasteiger partial charge in [0.15, 0.2) is 10.9 Å². The molecule has 0 spiro atoms. The number of rotatable bonds is 6. The lowest BCUT2D eigenvalue weighted by atomic mass is 9.97. The van der Waals surface area contributed by atoms with Gasteiger partial charge in [-0.05, 0) is 62.4 Å². The molecule has 0 amide bonds. The van der Waals surface area contributed by atoms with E-state index in [-0.39, 0.29) is 17.1 Å². The van der Waals surface area contributed by atoms with Crippen LogP contribution in [0.5, 0.6) is 0 Å². The third kappa shape index (κ3) is 4.20. The molecule has 4 rings (SSSR count). The van der Waals surface area contributed by atoms with Gasteiger partial charge in [-0.3, -0.25) is 14.2 Å². The van der Waals surface area contributed by atoms with Gasteiger partial charge in [-0.2, -0.15) is 0 Å². The standard InChI is InChI=1S/C22H21ClN2O2S2/c1-13(2)11-25-21(27)19-16-5-3-4-6-18(16)29-20(19)24-22(25)28-12-17(26)14-7-9-15(23)10-8-14/h7-10H,1,3-6,11-12H2,2H3. The summed E-state index contributed by atoms with van der Waals surface area (Å²) in [6.07, 6.45) is 4.25. The van der Waals surface area contributed by atoms with Crippen LogP contribution in [0, 0.1) is 0 Å². The van der Waals surface area contributed by atoms with Crippen molar-refractivity contribution in [1.82, 2.24) is 9.55 Å². The van der Waals surface area contributed by atoms with Gasteiger partial charge in [0.05, 0.1) is 11.1 Å². The summed E-state index contributed by atoms with van der Waals surface area (Å²) < 4.78 is 1.67. The fourth-order valence-electron chi connectivity index (χ4n) is 3.59. The molecule has 0 atom stereocenters. The molecule has 1 aliphatic rings. The van der Waals surface area contributed by atoms with Gasteiger partial charge < -0.3 is 0 Å². The zero-order valence-electron chi connectivity index (χ0n) is 16.2. The highest BCUT2D eigenvalue weighted by atomic mass is 35.5. The first-order valence-corrected chi connectivity index (χ1v) is 11.7. The Hall–Kier alpha value is -1.89. The number of thioether (sulfide) groups is 1. The average molecular weight is 445 g/mol. The Labute approximate surface area is 182 Å². The Bertz CT molecular complexity index is 1160. The number of carbonyl (C=O) groups excluding carboxylic acids is 1. The molecule has 4 nitrogen and oxygen atoms in total. The largest absolute Gasteiger partial charge is 0.293 e. The summed E-state index contributed by atoms with van der Waals surface area (Å²) in [4.78, 5) is 32.8. The van der Waals surface area contributed by atoms with Crippen LogP contribution in [0.15, 0.2) is 46.4 Å². The van der Waals surface area contributed by atoms with Gasteiger partial charge in [0.1, 0.15) is 4.83 Å². The molecule has 0 bridgehead atoms. The maximum atomic E-state index is 13.3. The van der Waals surface area contributed by atoms with E-state index in [9.17, 15) is 9.59 Å². The van der Waals surface area contributed by atoms with Gasteiger partial charge in [0.2, 0.25) is 0 Å². The lowest BCUT2D eigenvalue weighted by Gasteiger charge is -2.13. The lowest BCUT2D eigenvalue weighted by Crippen LogP contribution is -2.24. The van der Waals surface area contributed by atoms with Crippen LogP contribution in [0.2, 0.25) is 5.02 Å². The molecular weight excluding hydrogens is 424 g/mol. The number of hydrogen-bond donors (Lipinski definition) is 0. The van der Waals surface area contributed by atoms with Crippen molar-refractivity contribution >= 4 is 50.7 Å². The summed E-state index contributed by atoms with van der Waals surface area (Å²) in [5.41, 5.74) is 2.64. The number of aromatic nitrogens is 2. The van der Waals surface area contributed by atoms with Crippen molar-refractivity contribution in [2.24, 2.45) is 0 Å². The highest BCUT2D eigenvalue weighted by molar-refractivity contribution is 7.99. The zero-order valence-corrected chi connectivity index (χ0v) is 18.6. The van der Waals surface area contributed by atoms with E-state index in [2.05, 4.69) is 6.58 Å². The van der Waals surface area contributed by atoms with Crippen molar-refractivity contribution in [3.05, 3.63) is 67.8 Å². The third-order valence-electron chi connectivity index (χ3n) is 4.97. The van der Waals surface area contributed by atoms with Crippen LogP contribution < -0.4 is 5.56 Å². The second-order valence-corrected chi connectivity index (χ2v) is 9.82. The molecule has 2 aromatic heterocycles. The molecule has 2 heterocycles. The van der Waals surface area contributed by atoms with Crippen LogP contribution >= 0.6 is 34.7 Å². The molecule has 7 heteroatoms. The summed E-state index contributed by atoms with van der Waals surface area (Å²) in [6, 6.07) is 6.85. The molecule has 29 heavy (non-hydrogen) atoms. The smallest absolute Gasteiger partial charge is 0.263 e. The molecule has 0 fully saturated rings. The van der Waals surface area contributed by atoms with Gasteiger partial charge in [-0.25, -0.2) is 4.98 Å². The van der Waals surface area contributed by atoms with E-state index < -0.39 is 0 Å². The lowest BCUT2D eigenvalue weighted by molar-refractivity contribution is 0.102. The summed E-state index contributed by atoms with van der Waals surface area (Å²) in [5, 5.41) is 1.93. The van der Waals surface area contributed by atoms with Crippen molar-refractivity contribution in [2.45, 2.75) is 44.3 Å². The zero-order chi connectivity index (χ0) is 20.5. The van der Waals surface area contributed by atoms with Crippen LogP contribution in [-0.2, 0) is 19.4 Å². The topological polar surface area (TPSA) is 52.0 Å². The Morgan fingerprint density at radius 2 is 2.00 bits per heavy atom. The first kappa shape index (κ1) is 20.4. The number of aryl methyl sites for hydroxylation is 2. The number of carbonyl (C=O) groups is 1. The maximum Gasteiger partial charge on any atom is 0.263 e. The maximum absolute atomic E-state index is 13.3. The first-order chi connectivity index (χ1) is 13.9. The van der Waals surface area contributed by atoms with Crippen LogP contribution in [-0.4, -0.2) is 21.1 Å². The first-order valence-electron chi connectivity index (χ1n) is 9.55. The fourth-order valence-corrected chi connectivity index (χ4v) is 5.91. The molecule has 0 unspecified atom stereocenters. The minimum absolute atomic E-state index is 0.0150. The van der Waals surface area contributed by atoms with E-state index in [0.29, 0.717) is 22.3 Å². The average Bonchev–Trinajstić information content (AvgIpc) is 3.07. The van der Waals surface area contributed by atoms with Gasteiger partial charge in [-0.15, -0.1) is 11.3 Å². The van der Waals surface area contributed by atoms with E-state index in [0.717, 1.165) is 41.5 Å². The monoisotopic (exact) mass is 444 g/mol. The second-order valence-electron chi connectivity index (χ2n) is 7.35. The molecule has 1 aliphatic carbocycles. The number of halogens is 1. The molecule has 150 valence electrons. The highest BCUT2D eigenvalue weighted by Crippen LogP contribution is 2.34. The van der Waals surface area contributed by atoms with Gasteiger partial charge in [0.25, 0.3) is 5.56 Å². The van der Waals surface area contributed by atoms with Crippen molar-refractivity contribution in [1.29, 1.82) is 0 Å². The predicted octanol–water partition coefficient (Wildman–Crippen LogP) is 5.54. The number of nitrogens with zero attached hydrogens (tertiary/aromatic N) is 2. The van der Waals surface area contributed by atoms with Crippen LogP contribution in [0.1, 0.15) is 40.6 Å². The predicted molar refractivity (Wildman–Crippen MR) is 122 cm³/mol. The quantitative estimate of drug-likeness (QED) is 0.217. The highest BCUT2D eigenvalue weighted by Gasteiger charge is 2.22. The number of benzene rings is 1. The summed E-state index contributed by atoms with van der Waals surface area (Å²) in [7, 11) is 0. The molecule has 3 aromatic rings. The van der Waals surface area contributed by atoms with Crippen LogP contribution in [0.4, 0.5) is 0 Å². The summed E-state index contributed by atoms with van der Waals surface area (Å²) in [6.45, 7) is 6.27.